The largest absolute Gasteiger partial charge is 0.482 e. The van der Waals surface area contributed by atoms with Crippen LogP contribution >= 0.6 is 11.8 Å². The summed E-state index contributed by atoms with van der Waals surface area (Å²) in [5.74, 6) is 0.0111. The van der Waals surface area contributed by atoms with E-state index in [9.17, 15) is 9.18 Å². The van der Waals surface area contributed by atoms with Crippen molar-refractivity contribution in [2.75, 3.05) is 11.9 Å². The highest BCUT2D eigenvalue weighted by molar-refractivity contribution is 8.00. The van der Waals surface area contributed by atoms with Crippen LogP contribution in [-0.4, -0.2) is 28.2 Å². The Balaban J connectivity index is 1.69. The Morgan fingerprint density at radius 3 is 2.79 bits per heavy atom. The minimum absolute atomic E-state index is 0.0182. The van der Waals surface area contributed by atoms with E-state index in [1.807, 2.05) is 6.92 Å². The Hall–Kier alpha value is -3.13. The minimum Gasteiger partial charge on any atom is -0.482 e. The van der Waals surface area contributed by atoms with Gasteiger partial charge in [-0.15, -0.1) is 0 Å². The van der Waals surface area contributed by atoms with Crippen molar-refractivity contribution >= 4 is 29.1 Å². The second-order valence-corrected chi connectivity index (χ2v) is 7.48. The van der Waals surface area contributed by atoms with Gasteiger partial charge in [0.05, 0.1) is 16.6 Å². The Bertz CT molecular complexity index is 1050. The number of H-pyrrole nitrogens is 1. The van der Waals surface area contributed by atoms with Crippen LogP contribution in [-0.2, 0) is 4.79 Å². The third-order valence-electron chi connectivity index (χ3n) is 4.27. The Kier molecular flexibility index (Phi) is 4.87. The second kappa shape index (κ2) is 7.47. The lowest BCUT2D eigenvalue weighted by atomic mass is 10.0. The summed E-state index contributed by atoms with van der Waals surface area (Å²) in [4.78, 5) is 19.1. The average molecular weight is 396 g/mol. The smallest absolute Gasteiger partial charge is 0.262 e. The van der Waals surface area contributed by atoms with Crippen molar-refractivity contribution < 1.29 is 13.9 Å². The fourth-order valence-electron chi connectivity index (χ4n) is 2.89. The molecule has 1 aromatic heterocycles. The molecule has 1 atom stereocenters. The van der Waals surface area contributed by atoms with Gasteiger partial charge in [0.2, 0.25) is 0 Å². The normalized spacial score (nSPS) is 14.0. The molecule has 1 aliphatic heterocycles. The fraction of sp³-hybridized carbons (Fsp3) is 0.150. The highest BCUT2D eigenvalue weighted by Gasteiger charge is 2.24. The maximum Gasteiger partial charge on any atom is 0.262 e. The number of thioether (sulfide) groups is 1. The van der Waals surface area contributed by atoms with Gasteiger partial charge in [-0.2, -0.15) is 0 Å². The first kappa shape index (κ1) is 18.2. The van der Waals surface area contributed by atoms with Crippen molar-refractivity contribution in [3.8, 4) is 5.75 Å². The third kappa shape index (κ3) is 3.77. The van der Waals surface area contributed by atoms with Crippen LogP contribution < -0.4 is 10.1 Å². The number of benzene rings is 2. The van der Waals surface area contributed by atoms with Crippen LogP contribution in [0.25, 0.3) is 0 Å². The van der Waals surface area contributed by atoms with E-state index in [0.717, 1.165) is 11.3 Å². The van der Waals surface area contributed by atoms with Gasteiger partial charge in [-0.1, -0.05) is 23.9 Å². The van der Waals surface area contributed by atoms with Crippen molar-refractivity contribution in [2.45, 2.75) is 17.3 Å². The van der Waals surface area contributed by atoms with Crippen LogP contribution in [0.3, 0.4) is 0 Å². The number of amides is 1. The number of halogens is 1. The molecule has 3 N–H and O–H groups in total. The number of carbonyl (C=O) groups is 1. The number of aryl methyl sites for hydroxylation is 1. The number of carbonyl (C=O) groups excluding carboxylic acids is 1. The molecule has 2 heterocycles. The van der Waals surface area contributed by atoms with Gasteiger partial charge < -0.3 is 20.4 Å². The maximum atomic E-state index is 13.4. The number of aromatic nitrogens is 2. The molecule has 28 heavy (non-hydrogen) atoms. The van der Waals surface area contributed by atoms with Crippen LogP contribution in [0.1, 0.15) is 22.1 Å². The predicted octanol–water partition coefficient (Wildman–Crippen LogP) is 4.09. The van der Waals surface area contributed by atoms with Crippen molar-refractivity contribution in [1.29, 1.82) is 5.41 Å². The molecule has 0 aliphatic carbocycles. The molecule has 1 aliphatic rings. The van der Waals surface area contributed by atoms with E-state index >= 15 is 0 Å². The lowest BCUT2D eigenvalue weighted by Gasteiger charge is -2.21. The lowest BCUT2D eigenvalue weighted by molar-refractivity contribution is -0.118. The van der Waals surface area contributed by atoms with Gasteiger partial charge in [0, 0.05) is 11.9 Å². The van der Waals surface area contributed by atoms with Crippen LogP contribution in [0.2, 0.25) is 0 Å². The first-order valence-corrected chi connectivity index (χ1v) is 9.47. The summed E-state index contributed by atoms with van der Waals surface area (Å²) in [5.41, 5.74) is 3.18. The number of fused-ring (bicyclic) bond motifs is 1. The molecule has 0 radical (unpaired) electrons. The van der Waals surface area contributed by atoms with Crippen molar-refractivity contribution in [1.82, 2.24) is 9.97 Å². The summed E-state index contributed by atoms with van der Waals surface area (Å²) in [7, 11) is 0. The zero-order valence-corrected chi connectivity index (χ0v) is 15.8. The zero-order valence-electron chi connectivity index (χ0n) is 15.0. The van der Waals surface area contributed by atoms with E-state index in [1.54, 1.807) is 36.5 Å². The number of imidazole rings is 1. The quantitative estimate of drug-likeness (QED) is 0.447. The Morgan fingerprint density at radius 2 is 2.07 bits per heavy atom. The maximum absolute atomic E-state index is 13.4. The molecule has 4 rings (SSSR count). The molecule has 0 saturated heterocycles. The van der Waals surface area contributed by atoms with Gasteiger partial charge in [-0.3, -0.25) is 4.79 Å². The van der Waals surface area contributed by atoms with E-state index in [4.69, 9.17) is 10.1 Å². The van der Waals surface area contributed by atoms with Gasteiger partial charge in [-0.05, 0) is 48.4 Å². The molecule has 0 saturated carbocycles. The summed E-state index contributed by atoms with van der Waals surface area (Å²) in [5, 5.41) is 11.8. The number of hydrogen-bond acceptors (Lipinski definition) is 5. The van der Waals surface area contributed by atoms with Crippen LogP contribution in [0, 0.1) is 18.2 Å². The molecule has 8 heteroatoms. The third-order valence-corrected chi connectivity index (χ3v) is 5.44. The van der Waals surface area contributed by atoms with E-state index in [-0.39, 0.29) is 18.3 Å². The molecule has 142 valence electrons. The first-order chi connectivity index (χ1) is 13.5. The highest BCUT2D eigenvalue weighted by atomic mass is 32.2. The molecular formula is C20H17FN4O2S. The topological polar surface area (TPSA) is 90.9 Å². The molecule has 0 bridgehead atoms. The number of aromatic amines is 1. The van der Waals surface area contributed by atoms with Gasteiger partial charge in [-0.25, -0.2) is 9.37 Å². The molecule has 6 nitrogen and oxygen atoms in total. The van der Waals surface area contributed by atoms with Crippen molar-refractivity contribution in [3.05, 3.63) is 71.3 Å². The van der Waals surface area contributed by atoms with Gasteiger partial charge >= 0.3 is 0 Å². The second-order valence-electron chi connectivity index (χ2n) is 6.38. The van der Waals surface area contributed by atoms with E-state index < -0.39 is 5.25 Å². The van der Waals surface area contributed by atoms with Gasteiger partial charge in [0.25, 0.3) is 5.91 Å². The Morgan fingerprint density at radius 1 is 1.29 bits per heavy atom. The van der Waals surface area contributed by atoms with Crippen molar-refractivity contribution in [3.63, 3.8) is 0 Å². The van der Waals surface area contributed by atoms with E-state index in [0.29, 0.717) is 27.9 Å². The molecule has 1 unspecified atom stereocenters. The SMILES string of the molecule is Cc1cnc(SC(C(=N)c2ccc3c(c2)NC(=O)CO3)c2ccc(F)cc2)[nH]1. The van der Waals surface area contributed by atoms with E-state index in [1.165, 1.54) is 23.9 Å². The first-order valence-electron chi connectivity index (χ1n) is 8.59. The predicted molar refractivity (Wildman–Crippen MR) is 106 cm³/mol. The molecule has 0 fully saturated rings. The molecule has 2 aromatic carbocycles. The number of anilines is 1. The number of nitrogens with zero attached hydrogens (tertiary/aromatic N) is 1. The number of nitrogens with one attached hydrogen (secondary N) is 3. The molecule has 1 amide bonds. The van der Waals surface area contributed by atoms with Crippen LogP contribution in [0.4, 0.5) is 10.1 Å². The standard InChI is InChI=1S/C20H17FN4O2S/c1-11-9-23-20(24-11)28-19(12-2-5-14(21)6-3-12)18(22)13-4-7-16-15(8-13)25-17(26)10-27-16/h2-9,19,22H,10H2,1H3,(H,23,24)(H,25,26). The number of hydrogen-bond donors (Lipinski definition) is 3. The number of rotatable bonds is 5. The summed E-state index contributed by atoms with van der Waals surface area (Å²) < 4.78 is 18.8. The van der Waals surface area contributed by atoms with Crippen molar-refractivity contribution in [2.24, 2.45) is 0 Å². The fourth-order valence-corrected chi connectivity index (χ4v) is 4.00. The molecule has 3 aromatic rings. The average Bonchev–Trinajstić information content (AvgIpc) is 3.10. The van der Waals surface area contributed by atoms with Crippen LogP contribution in [0.5, 0.6) is 5.75 Å². The lowest BCUT2D eigenvalue weighted by Crippen LogP contribution is -2.25. The highest BCUT2D eigenvalue weighted by Crippen LogP contribution is 2.38. The van der Waals surface area contributed by atoms with E-state index in [2.05, 4.69) is 15.3 Å². The monoisotopic (exact) mass is 396 g/mol. The zero-order chi connectivity index (χ0) is 19.7. The van der Waals surface area contributed by atoms with Crippen LogP contribution in [0.15, 0.2) is 53.8 Å². The Labute approximate surface area is 165 Å². The summed E-state index contributed by atoms with van der Waals surface area (Å²) in [6.45, 7) is 1.89. The molecule has 0 spiro atoms. The number of ether oxygens (including phenoxy) is 1. The summed E-state index contributed by atoms with van der Waals surface area (Å²) in [6.07, 6.45) is 1.72. The summed E-state index contributed by atoms with van der Waals surface area (Å²) in [6, 6.07) is 11.3. The molecular weight excluding hydrogens is 379 g/mol. The summed E-state index contributed by atoms with van der Waals surface area (Å²) >= 11 is 1.38. The minimum atomic E-state index is -0.413. The van der Waals surface area contributed by atoms with Gasteiger partial charge in [0.1, 0.15) is 11.6 Å². The van der Waals surface area contributed by atoms with Gasteiger partial charge in [0.15, 0.2) is 11.8 Å².